The van der Waals surface area contributed by atoms with Gasteiger partial charge in [0.25, 0.3) is 0 Å². The number of allylic oxidation sites excluding steroid dienone is 8. The second-order valence-corrected chi connectivity index (χ2v) is 5.88. The summed E-state index contributed by atoms with van der Waals surface area (Å²) in [7, 11) is 0. The molecular formula is C20H16N2. The molecule has 0 bridgehead atoms. The highest BCUT2D eigenvalue weighted by molar-refractivity contribution is 5.83. The van der Waals surface area contributed by atoms with E-state index in [0.717, 1.165) is 27.9 Å². The van der Waals surface area contributed by atoms with Crippen LogP contribution in [-0.2, 0) is 0 Å². The lowest BCUT2D eigenvalue weighted by molar-refractivity contribution is 0.576. The van der Waals surface area contributed by atoms with Gasteiger partial charge in [0.2, 0.25) is 0 Å². The van der Waals surface area contributed by atoms with Crippen molar-refractivity contribution in [3.8, 4) is 12.1 Å². The molecule has 0 spiro atoms. The van der Waals surface area contributed by atoms with Gasteiger partial charge < -0.3 is 0 Å². The number of hydrogen-bond acceptors (Lipinski definition) is 2. The number of hydrogen-bond donors (Lipinski definition) is 0. The minimum Gasteiger partial charge on any atom is -0.196 e. The number of nitriles is 2. The third-order valence-corrected chi connectivity index (χ3v) is 4.28. The van der Waals surface area contributed by atoms with Gasteiger partial charge in [0, 0.05) is 5.92 Å². The molecule has 0 heterocycles. The van der Waals surface area contributed by atoms with Crippen LogP contribution in [0.2, 0.25) is 0 Å². The van der Waals surface area contributed by atoms with Crippen molar-refractivity contribution in [2.45, 2.75) is 13.8 Å². The summed E-state index contributed by atoms with van der Waals surface area (Å²) >= 11 is 0. The summed E-state index contributed by atoms with van der Waals surface area (Å²) in [4.78, 5) is 0. The highest BCUT2D eigenvalue weighted by atomic mass is 14.5. The van der Waals surface area contributed by atoms with Crippen LogP contribution in [0.1, 0.15) is 19.4 Å². The monoisotopic (exact) mass is 284 g/mol. The molecule has 2 aliphatic carbocycles. The molecule has 0 saturated carbocycles. The van der Waals surface area contributed by atoms with Crippen molar-refractivity contribution in [3.63, 3.8) is 0 Å². The number of fused-ring (bicyclic) bond motifs is 1. The van der Waals surface area contributed by atoms with E-state index < -0.39 is 5.41 Å². The van der Waals surface area contributed by atoms with Crippen LogP contribution in [0.4, 0.5) is 0 Å². The zero-order valence-corrected chi connectivity index (χ0v) is 12.7. The van der Waals surface area contributed by atoms with E-state index in [1.807, 2.05) is 56.3 Å². The molecule has 0 aliphatic heterocycles. The third-order valence-electron chi connectivity index (χ3n) is 4.28. The van der Waals surface area contributed by atoms with Crippen molar-refractivity contribution in [1.82, 2.24) is 0 Å². The van der Waals surface area contributed by atoms with Crippen LogP contribution in [0.3, 0.4) is 0 Å². The summed E-state index contributed by atoms with van der Waals surface area (Å²) in [6.07, 6.45) is 8.22. The number of rotatable bonds is 1. The van der Waals surface area contributed by atoms with Gasteiger partial charge in [0.1, 0.15) is 0 Å². The maximum atomic E-state index is 9.84. The average molecular weight is 284 g/mol. The van der Waals surface area contributed by atoms with Crippen molar-refractivity contribution < 1.29 is 0 Å². The van der Waals surface area contributed by atoms with Crippen molar-refractivity contribution in [2.24, 2.45) is 11.3 Å². The third kappa shape index (κ3) is 2.01. The largest absolute Gasteiger partial charge is 0.196 e. The predicted octanol–water partition coefficient (Wildman–Crippen LogP) is 4.57. The first-order valence-corrected chi connectivity index (χ1v) is 7.29. The fraction of sp³-hybridized carbons (Fsp3) is 0.200. The Labute approximate surface area is 131 Å². The molecule has 0 fully saturated rings. The van der Waals surface area contributed by atoms with Crippen molar-refractivity contribution >= 4 is 5.57 Å². The van der Waals surface area contributed by atoms with Gasteiger partial charge in [-0.05, 0) is 30.6 Å². The van der Waals surface area contributed by atoms with Gasteiger partial charge in [0.05, 0.1) is 12.1 Å². The smallest absolute Gasteiger partial charge is 0.179 e. The second kappa shape index (κ2) is 5.17. The zero-order valence-electron chi connectivity index (χ0n) is 12.7. The van der Waals surface area contributed by atoms with E-state index in [-0.39, 0.29) is 5.92 Å². The van der Waals surface area contributed by atoms with Gasteiger partial charge in [-0.3, -0.25) is 0 Å². The summed E-state index contributed by atoms with van der Waals surface area (Å²) < 4.78 is 0. The molecule has 2 aliphatic rings. The lowest BCUT2D eigenvalue weighted by Gasteiger charge is -2.23. The Morgan fingerprint density at radius 3 is 2.23 bits per heavy atom. The summed E-state index contributed by atoms with van der Waals surface area (Å²) in [5, 5.41) is 19.7. The molecule has 0 saturated heterocycles. The second-order valence-electron chi connectivity index (χ2n) is 5.88. The van der Waals surface area contributed by atoms with E-state index in [1.54, 1.807) is 0 Å². The Morgan fingerprint density at radius 1 is 0.909 bits per heavy atom. The fourth-order valence-corrected chi connectivity index (χ4v) is 3.33. The molecule has 1 unspecified atom stereocenters. The standard InChI is InChI=1S/C20H16N2/c1-14-8-15(2)10-18-17(9-14)11-19(20(18,12-21)13-22)16-6-4-3-5-7-16/h3-11,18H,1-2H3. The molecule has 1 atom stereocenters. The normalized spacial score (nSPS) is 22.1. The Morgan fingerprint density at radius 2 is 1.59 bits per heavy atom. The maximum absolute atomic E-state index is 9.84. The van der Waals surface area contributed by atoms with Crippen molar-refractivity contribution in [3.05, 3.63) is 76.9 Å². The highest BCUT2D eigenvalue weighted by Gasteiger charge is 2.48. The van der Waals surface area contributed by atoms with Crippen molar-refractivity contribution in [2.75, 3.05) is 0 Å². The molecule has 0 N–H and O–H groups in total. The lowest BCUT2D eigenvalue weighted by atomic mass is 9.72. The van der Waals surface area contributed by atoms with Crippen LogP contribution in [0, 0.1) is 34.0 Å². The molecule has 22 heavy (non-hydrogen) atoms. The number of benzene rings is 1. The molecule has 2 nitrogen and oxygen atoms in total. The first-order chi connectivity index (χ1) is 10.6. The Bertz CT molecular complexity index is 807. The van der Waals surface area contributed by atoms with Gasteiger partial charge in [-0.2, -0.15) is 10.5 Å². The van der Waals surface area contributed by atoms with E-state index in [0.29, 0.717) is 0 Å². The Hall–Kier alpha value is -2.84. The minimum absolute atomic E-state index is 0.216. The molecule has 106 valence electrons. The number of nitrogens with zero attached hydrogens (tertiary/aromatic N) is 2. The van der Waals surface area contributed by atoms with Crippen LogP contribution < -0.4 is 0 Å². The predicted molar refractivity (Wildman–Crippen MR) is 87.2 cm³/mol. The van der Waals surface area contributed by atoms with E-state index in [1.165, 1.54) is 0 Å². The van der Waals surface area contributed by atoms with E-state index in [9.17, 15) is 10.5 Å². The minimum atomic E-state index is -1.16. The van der Waals surface area contributed by atoms with Crippen LogP contribution >= 0.6 is 0 Å². The molecular weight excluding hydrogens is 268 g/mol. The topological polar surface area (TPSA) is 47.6 Å². The SMILES string of the molecule is CC1=CC(C)=CC2C(=C1)C=C(c1ccccc1)C2(C#N)C#N. The quantitative estimate of drug-likeness (QED) is 0.758. The fourth-order valence-electron chi connectivity index (χ4n) is 3.33. The van der Waals surface area contributed by atoms with Gasteiger partial charge in [-0.1, -0.05) is 65.8 Å². The molecule has 2 heteroatoms. The highest BCUT2D eigenvalue weighted by Crippen LogP contribution is 2.52. The Balaban J connectivity index is 2.26. The van der Waals surface area contributed by atoms with Crippen LogP contribution in [0.25, 0.3) is 5.57 Å². The van der Waals surface area contributed by atoms with E-state index >= 15 is 0 Å². The summed E-state index contributed by atoms with van der Waals surface area (Å²) in [6, 6.07) is 14.3. The van der Waals surface area contributed by atoms with Crippen molar-refractivity contribution in [1.29, 1.82) is 10.5 Å². The molecule has 3 rings (SSSR count). The van der Waals surface area contributed by atoms with E-state index in [2.05, 4.69) is 24.3 Å². The van der Waals surface area contributed by atoms with Crippen LogP contribution in [-0.4, -0.2) is 0 Å². The molecule has 0 radical (unpaired) electrons. The summed E-state index contributed by atoms with van der Waals surface area (Å²) in [5.41, 5.74) is 3.84. The van der Waals surface area contributed by atoms with E-state index in [4.69, 9.17) is 0 Å². The molecule has 1 aromatic carbocycles. The molecule has 1 aromatic rings. The van der Waals surface area contributed by atoms with Gasteiger partial charge >= 0.3 is 0 Å². The van der Waals surface area contributed by atoms with Gasteiger partial charge in [0.15, 0.2) is 5.41 Å². The first kappa shape index (κ1) is 14.1. The lowest BCUT2D eigenvalue weighted by Crippen LogP contribution is -2.24. The first-order valence-electron chi connectivity index (χ1n) is 7.29. The maximum Gasteiger partial charge on any atom is 0.179 e. The summed E-state index contributed by atoms with van der Waals surface area (Å²) in [6.45, 7) is 4.06. The zero-order chi connectivity index (χ0) is 15.7. The molecule has 0 aromatic heterocycles. The van der Waals surface area contributed by atoms with Crippen LogP contribution in [0.15, 0.2) is 71.4 Å². The van der Waals surface area contributed by atoms with Gasteiger partial charge in [-0.25, -0.2) is 0 Å². The average Bonchev–Trinajstić information content (AvgIpc) is 2.73. The Kier molecular flexibility index (Phi) is 3.32. The van der Waals surface area contributed by atoms with Gasteiger partial charge in [-0.15, -0.1) is 0 Å². The summed E-state index contributed by atoms with van der Waals surface area (Å²) in [5.74, 6) is -0.216. The molecule has 0 amide bonds. The van der Waals surface area contributed by atoms with Crippen LogP contribution in [0.5, 0.6) is 0 Å².